The van der Waals surface area contributed by atoms with Crippen molar-refractivity contribution >= 4 is 38.9 Å². The second kappa shape index (κ2) is 9.65. The third kappa shape index (κ3) is 5.16. The molecule has 4 rings (SSSR count). The van der Waals surface area contributed by atoms with Gasteiger partial charge < -0.3 is 19.9 Å². The van der Waals surface area contributed by atoms with Crippen LogP contribution in [0.5, 0.6) is 0 Å². The summed E-state index contributed by atoms with van der Waals surface area (Å²) >= 11 is 3.41. The predicted molar refractivity (Wildman–Crippen MR) is 123 cm³/mol. The van der Waals surface area contributed by atoms with E-state index in [4.69, 9.17) is 4.74 Å². The molecular weight excluding hydrogens is 464 g/mol. The second-order valence-electron chi connectivity index (χ2n) is 7.76. The molecule has 0 radical (unpaired) electrons. The Bertz CT molecular complexity index is 956. The van der Waals surface area contributed by atoms with Crippen molar-refractivity contribution in [3.8, 4) is 0 Å². The summed E-state index contributed by atoms with van der Waals surface area (Å²) in [5, 5.41) is 14.7. The average molecular weight is 489 g/mol. The van der Waals surface area contributed by atoms with Crippen molar-refractivity contribution in [2.45, 2.75) is 18.9 Å². The summed E-state index contributed by atoms with van der Waals surface area (Å²) in [5.41, 5.74) is 2.14. The predicted octanol–water partition coefficient (Wildman–Crippen LogP) is 3.91. The molecule has 31 heavy (non-hydrogen) atoms. The highest BCUT2D eigenvalue weighted by atomic mass is 79.9. The van der Waals surface area contributed by atoms with E-state index in [9.17, 15) is 14.9 Å². The molecule has 2 aromatic carbocycles. The number of carbonyl (C=O) groups excluding carboxylic acids is 1. The van der Waals surface area contributed by atoms with Crippen molar-refractivity contribution < 1.29 is 14.5 Å². The van der Waals surface area contributed by atoms with Gasteiger partial charge in [-0.2, -0.15) is 0 Å². The van der Waals surface area contributed by atoms with Gasteiger partial charge in [0, 0.05) is 61.1 Å². The molecule has 0 bridgehead atoms. The van der Waals surface area contributed by atoms with Gasteiger partial charge >= 0.3 is 0 Å². The SMILES string of the molecule is O=C(c1cccc(Br)c1)N1CCN(c2ccc([N+](=O)[O-])c(NCC3CCCO3)c2)CC1. The van der Waals surface area contributed by atoms with Gasteiger partial charge in [-0.05, 0) is 43.2 Å². The topological polar surface area (TPSA) is 88.0 Å². The Morgan fingerprint density at radius 1 is 1.19 bits per heavy atom. The number of halogens is 1. The summed E-state index contributed by atoms with van der Waals surface area (Å²) in [7, 11) is 0. The number of anilines is 2. The van der Waals surface area contributed by atoms with Crippen LogP contribution < -0.4 is 10.2 Å². The number of rotatable bonds is 6. The lowest BCUT2D eigenvalue weighted by molar-refractivity contribution is -0.383. The zero-order chi connectivity index (χ0) is 21.8. The number of nitro benzene ring substituents is 1. The molecule has 0 saturated carbocycles. The van der Waals surface area contributed by atoms with Crippen molar-refractivity contribution in [2.75, 3.05) is 49.5 Å². The van der Waals surface area contributed by atoms with Crippen molar-refractivity contribution in [1.29, 1.82) is 0 Å². The summed E-state index contributed by atoms with van der Waals surface area (Å²) in [6, 6.07) is 12.6. The maximum atomic E-state index is 12.8. The van der Waals surface area contributed by atoms with E-state index in [1.807, 2.05) is 35.2 Å². The smallest absolute Gasteiger partial charge is 0.292 e. The Kier molecular flexibility index (Phi) is 6.72. The zero-order valence-electron chi connectivity index (χ0n) is 17.1. The molecule has 9 heteroatoms. The highest BCUT2D eigenvalue weighted by molar-refractivity contribution is 9.10. The van der Waals surface area contributed by atoms with Crippen LogP contribution in [0.25, 0.3) is 0 Å². The Morgan fingerprint density at radius 2 is 2.00 bits per heavy atom. The first kappa shape index (κ1) is 21.6. The Labute approximate surface area is 189 Å². The van der Waals surface area contributed by atoms with Gasteiger partial charge in [0.1, 0.15) is 5.69 Å². The first-order valence-electron chi connectivity index (χ1n) is 10.4. The highest BCUT2D eigenvalue weighted by Crippen LogP contribution is 2.31. The molecule has 2 fully saturated rings. The summed E-state index contributed by atoms with van der Waals surface area (Å²) in [6.07, 6.45) is 2.09. The van der Waals surface area contributed by atoms with Gasteiger partial charge in [-0.15, -0.1) is 0 Å². The number of hydrogen-bond donors (Lipinski definition) is 1. The van der Waals surface area contributed by atoms with E-state index in [0.29, 0.717) is 44.0 Å². The normalized spacial score (nSPS) is 18.8. The van der Waals surface area contributed by atoms with Gasteiger partial charge in [0.2, 0.25) is 0 Å². The maximum Gasteiger partial charge on any atom is 0.292 e. The number of ether oxygens (including phenoxy) is 1. The molecule has 2 aromatic rings. The minimum Gasteiger partial charge on any atom is -0.377 e. The molecule has 2 heterocycles. The van der Waals surface area contributed by atoms with Crippen molar-refractivity contribution in [3.63, 3.8) is 0 Å². The van der Waals surface area contributed by atoms with Crippen LogP contribution in [0, 0.1) is 10.1 Å². The van der Waals surface area contributed by atoms with E-state index in [2.05, 4.69) is 26.1 Å². The number of nitrogens with one attached hydrogen (secondary N) is 1. The van der Waals surface area contributed by atoms with Crippen LogP contribution in [0.2, 0.25) is 0 Å². The fraction of sp³-hybridized carbons (Fsp3) is 0.409. The first-order chi connectivity index (χ1) is 15.0. The fourth-order valence-corrected chi connectivity index (χ4v) is 4.42. The van der Waals surface area contributed by atoms with Crippen LogP contribution >= 0.6 is 15.9 Å². The van der Waals surface area contributed by atoms with Gasteiger partial charge in [-0.25, -0.2) is 0 Å². The maximum absolute atomic E-state index is 12.8. The molecule has 1 atom stereocenters. The minimum absolute atomic E-state index is 0.0172. The number of nitro groups is 1. The molecule has 8 nitrogen and oxygen atoms in total. The molecule has 1 N–H and O–H groups in total. The van der Waals surface area contributed by atoms with E-state index < -0.39 is 0 Å². The number of nitrogens with zero attached hydrogens (tertiary/aromatic N) is 3. The molecule has 164 valence electrons. The van der Waals surface area contributed by atoms with Crippen LogP contribution in [0.1, 0.15) is 23.2 Å². The van der Waals surface area contributed by atoms with Crippen LogP contribution in [-0.4, -0.2) is 61.2 Å². The molecule has 2 aliphatic rings. The molecule has 2 saturated heterocycles. The molecule has 0 aliphatic carbocycles. The Morgan fingerprint density at radius 3 is 2.68 bits per heavy atom. The standard InChI is InChI=1S/C22H25BrN4O4/c23-17-4-1-3-16(13-17)22(28)26-10-8-25(9-11-26)18-6-7-21(27(29)30)20(14-18)24-15-19-5-2-12-31-19/h1,3-4,6-7,13-14,19,24H,2,5,8-12,15H2. The van der Waals surface area contributed by atoms with Crippen LogP contribution in [0.3, 0.4) is 0 Å². The summed E-state index contributed by atoms with van der Waals surface area (Å²) in [5.74, 6) is 0.0172. The van der Waals surface area contributed by atoms with E-state index in [-0.39, 0.29) is 22.6 Å². The number of piperazine rings is 1. The van der Waals surface area contributed by atoms with Gasteiger partial charge in [0.25, 0.3) is 11.6 Å². The van der Waals surface area contributed by atoms with Gasteiger partial charge in [0.15, 0.2) is 0 Å². The third-order valence-corrected chi connectivity index (χ3v) is 6.22. The lowest BCUT2D eigenvalue weighted by Crippen LogP contribution is -2.48. The van der Waals surface area contributed by atoms with Crippen LogP contribution in [0.4, 0.5) is 17.1 Å². The van der Waals surface area contributed by atoms with Crippen molar-refractivity contribution in [3.05, 3.63) is 62.6 Å². The van der Waals surface area contributed by atoms with Crippen molar-refractivity contribution in [2.24, 2.45) is 0 Å². The molecule has 0 spiro atoms. The van der Waals surface area contributed by atoms with Crippen molar-refractivity contribution in [1.82, 2.24) is 4.90 Å². The Hall–Kier alpha value is -2.65. The zero-order valence-corrected chi connectivity index (χ0v) is 18.7. The lowest BCUT2D eigenvalue weighted by Gasteiger charge is -2.36. The fourth-order valence-electron chi connectivity index (χ4n) is 4.02. The Balaban J connectivity index is 1.42. The average Bonchev–Trinajstić information content (AvgIpc) is 3.31. The quantitative estimate of drug-likeness (QED) is 0.489. The van der Waals surface area contributed by atoms with E-state index in [0.717, 1.165) is 29.6 Å². The molecular formula is C22H25BrN4O4. The van der Waals surface area contributed by atoms with E-state index in [1.54, 1.807) is 12.1 Å². The van der Waals surface area contributed by atoms with E-state index in [1.165, 1.54) is 0 Å². The molecule has 2 aliphatic heterocycles. The number of benzene rings is 2. The molecule has 1 unspecified atom stereocenters. The highest BCUT2D eigenvalue weighted by Gasteiger charge is 2.24. The first-order valence-corrected chi connectivity index (χ1v) is 11.2. The lowest BCUT2D eigenvalue weighted by atomic mass is 10.1. The summed E-state index contributed by atoms with van der Waals surface area (Å²) < 4.78 is 6.50. The van der Waals surface area contributed by atoms with E-state index >= 15 is 0 Å². The molecule has 0 aromatic heterocycles. The second-order valence-corrected chi connectivity index (χ2v) is 8.68. The third-order valence-electron chi connectivity index (χ3n) is 5.72. The van der Waals surface area contributed by atoms with Crippen LogP contribution in [0.15, 0.2) is 46.9 Å². The largest absolute Gasteiger partial charge is 0.377 e. The number of amides is 1. The number of hydrogen-bond acceptors (Lipinski definition) is 6. The van der Waals surface area contributed by atoms with Gasteiger partial charge in [-0.1, -0.05) is 22.0 Å². The molecule has 1 amide bonds. The summed E-state index contributed by atoms with van der Waals surface area (Å²) in [6.45, 7) is 3.84. The summed E-state index contributed by atoms with van der Waals surface area (Å²) in [4.78, 5) is 27.9. The van der Waals surface area contributed by atoms with Crippen LogP contribution in [-0.2, 0) is 4.74 Å². The van der Waals surface area contributed by atoms with Gasteiger partial charge in [0.05, 0.1) is 11.0 Å². The van der Waals surface area contributed by atoms with Gasteiger partial charge in [-0.3, -0.25) is 14.9 Å². The number of carbonyl (C=O) groups is 1. The minimum atomic E-state index is -0.365. The monoisotopic (exact) mass is 488 g/mol.